The molecule has 0 atom stereocenters. The zero-order chi connectivity index (χ0) is 19.7. The summed E-state index contributed by atoms with van der Waals surface area (Å²) in [5, 5.41) is 14.1. The molecule has 0 amide bonds. The molecule has 0 aliphatic carbocycles. The summed E-state index contributed by atoms with van der Waals surface area (Å²) in [6.07, 6.45) is 0. The first kappa shape index (κ1) is 18.7. The fourth-order valence-electron chi connectivity index (χ4n) is 3.82. The van der Waals surface area contributed by atoms with Crippen molar-refractivity contribution in [2.24, 2.45) is 0 Å². The van der Waals surface area contributed by atoms with Crippen molar-refractivity contribution in [1.29, 1.82) is 0 Å². The van der Waals surface area contributed by atoms with Gasteiger partial charge in [-0.2, -0.15) is 9.61 Å². The van der Waals surface area contributed by atoms with E-state index in [4.69, 9.17) is 19.9 Å². The molecule has 0 saturated carbocycles. The van der Waals surface area contributed by atoms with E-state index in [-0.39, 0.29) is 6.61 Å². The second-order valence-corrected chi connectivity index (χ2v) is 7.25. The summed E-state index contributed by atoms with van der Waals surface area (Å²) >= 11 is 0. The third-order valence-electron chi connectivity index (χ3n) is 5.40. The number of aryl methyl sites for hydroxylation is 2. The minimum atomic E-state index is 0.210. The normalized spacial score (nSPS) is 15.4. The van der Waals surface area contributed by atoms with E-state index < -0.39 is 0 Å². The zero-order valence-electron chi connectivity index (χ0n) is 16.7. The van der Waals surface area contributed by atoms with Crippen LogP contribution < -0.4 is 9.64 Å². The van der Waals surface area contributed by atoms with Crippen LogP contribution in [-0.2, 0) is 0 Å². The molecule has 1 N–H and O–H groups in total. The Morgan fingerprint density at radius 3 is 2.43 bits per heavy atom. The van der Waals surface area contributed by atoms with Crippen LogP contribution in [0.1, 0.15) is 11.3 Å². The van der Waals surface area contributed by atoms with Crippen molar-refractivity contribution in [1.82, 2.24) is 19.5 Å². The number of hydrogen-bond donors (Lipinski definition) is 1. The second-order valence-electron chi connectivity index (χ2n) is 7.25. The van der Waals surface area contributed by atoms with Gasteiger partial charge in [0.2, 0.25) is 0 Å². The van der Waals surface area contributed by atoms with E-state index in [1.54, 1.807) is 7.11 Å². The molecule has 1 aliphatic heterocycles. The number of aliphatic hydroxyl groups excluding tert-OH is 1. The first-order chi connectivity index (χ1) is 13.6. The summed E-state index contributed by atoms with van der Waals surface area (Å²) < 4.78 is 7.25. The summed E-state index contributed by atoms with van der Waals surface area (Å²) in [5.74, 6) is 1.91. The molecule has 1 aromatic carbocycles. The number of benzene rings is 1. The topological polar surface area (TPSA) is 66.1 Å². The van der Waals surface area contributed by atoms with Crippen LogP contribution in [0.5, 0.6) is 5.75 Å². The zero-order valence-corrected chi connectivity index (χ0v) is 16.7. The van der Waals surface area contributed by atoms with Crippen molar-refractivity contribution in [2.75, 3.05) is 51.3 Å². The van der Waals surface area contributed by atoms with Crippen molar-refractivity contribution in [3.8, 4) is 17.0 Å². The number of β-amino-alcohol motifs (C(OH)–C–C–N with tert-alkyl or cyclic N) is 1. The second kappa shape index (κ2) is 7.77. The Morgan fingerprint density at radius 1 is 1.07 bits per heavy atom. The monoisotopic (exact) mass is 381 g/mol. The fraction of sp³-hybridized carbons (Fsp3) is 0.429. The number of anilines is 1. The number of ether oxygens (including phenoxy) is 1. The smallest absolute Gasteiger partial charge is 0.161 e. The summed E-state index contributed by atoms with van der Waals surface area (Å²) in [7, 11) is 1.67. The quantitative estimate of drug-likeness (QED) is 0.730. The van der Waals surface area contributed by atoms with Crippen LogP contribution >= 0.6 is 0 Å². The molecule has 0 radical (unpaired) electrons. The molecule has 7 heteroatoms. The number of methoxy groups -OCH3 is 1. The Balaban J connectivity index is 1.72. The number of piperazine rings is 1. The standard InChI is InChI=1S/C21H27N5O2/c1-15-14-19(25-10-8-24(9-11-25)12-13-27)26-21(22-15)16(2)20(23-26)17-4-6-18(28-3)7-5-17/h4-7,14,27H,8-13H2,1-3H3. The van der Waals surface area contributed by atoms with Crippen LogP contribution in [0.3, 0.4) is 0 Å². The van der Waals surface area contributed by atoms with E-state index in [0.717, 1.165) is 72.5 Å². The Bertz CT molecular complexity index is 959. The van der Waals surface area contributed by atoms with Gasteiger partial charge in [-0.15, -0.1) is 0 Å². The highest BCUT2D eigenvalue weighted by molar-refractivity contribution is 5.72. The molecule has 7 nitrogen and oxygen atoms in total. The average Bonchev–Trinajstić information content (AvgIpc) is 3.05. The minimum absolute atomic E-state index is 0.210. The molecular weight excluding hydrogens is 354 g/mol. The lowest BCUT2D eigenvalue weighted by Crippen LogP contribution is -2.47. The highest BCUT2D eigenvalue weighted by Crippen LogP contribution is 2.29. The average molecular weight is 381 g/mol. The van der Waals surface area contributed by atoms with E-state index in [1.807, 2.05) is 35.7 Å². The molecule has 0 bridgehead atoms. The van der Waals surface area contributed by atoms with Crippen LogP contribution in [0.4, 0.5) is 5.82 Å². The van der Waals surface area contributed by atoms with Crippen LogP contribution in [0.2, 0.25) is 0 Å². The number of aromatic nitrogens is 3. The van der Waals surface area contributed by atoms with E-state index in [1.165, 1.54) is 0 Å². The Labute approximate surface area is 165 Å². The fourth-order valence-corrected chi connectivity index (χ4v) is 3.82. The van der Waals surface area contributed by atoms with Crippen LogP contribution in [-0.4, -0.2) is 71.0 Å². The Hall–Kier alpha value is -2.64. The molecule has 2 aromatic heterocycles. The number of fused-ring (bicyclic) bond motifs is 1. The highest BCUT2D eigenvalue weighted by Gasteiger charge is 2.22. The van der Waals surface area contributed by atoms with E-state index >= 15 is 0 Å². The maximum Gasteiger partial charge on any atom is 0.161 e. The van der Waals surface area contributed by atoms with Crippen LogP contribution in [0.25, 0.3) is 16.9 Å². The largest absolute Gasteiger partial charge is 0.497 e. The van der Waals surface area contributed by atoms with Gasteiger partial charge in [-0.05, 0) is 38.1 Å². The number of hydrogen-bond acceptors (Lipinski definition) is 6. The van der Waals surface area contributed by atoms with Gasteiger partial charge in [0.25, 0.3) is 0 Å². The predicted octanol–water partition coefficient (Wildman–Crippen LogP) is 2.14. The number of aliphatic hydroxyl groups is 1. The van der Waals surface area contributed by atoms with Gasteiger partial charge < -0.3 is 14.7 Å². The van der Waals surface area contributed by atoms with Crippen LogP contribution in [0.15, 0.2) is 30.3 Å². The molecule has 1 fully saturated rings. The number of nitrogens with zero attached hydrogens (tertiary/aromatic N) is 5. The molecule has 1 aliphatic rings. The molecule has 3 aromatic rings. The number of rotatable bonds is 5. The molecule has 148 valence electrons. The van der Waals surface area contributed by atoms with E-state index in [2.05, 4.69) is 22.8 Å². The van der Waals surface area contributed by atoms with Crippen molar-refractivity contribution in [3.05, 3.63) is 41.6 Å². The maximum absolute atomic E-state index is 9.17. The van der Waals surface area contributed by atoms with E-state index in [0.29, 0.717) is 0 Å². The van der Waals surface area contributed by atoms with Gasteiger partial charge in [0, 0.05) is 55.6 Å². The van der Waals surface area contributed by atoms with E-state index in [9.17, 15) is 0 Å². The third kappa shape index (κ3) is 3.43. The van der Waals surface area contributed by atoms with Gasteiger partial charge in [0.05, 0.1) is 19.4 Å². The Morgan fingerprint density at radius 2 is 1.79 bits per heavy atom. The summed E-state index contributed by atoms with van der Waals surface area (Å²) in [6, 6.07) is 10.1. The lowest BCUT2D eigenvalue weighted by molar-refractivity contribution is 0.188. The molecule has 0 unspecified atom stereocenters. The summed E-state index contributed by atoms with van der Waals surface area (Å²) in [5.41, 5.74) is 4.97. The third-order valence-corrected chi connectivity index (χ3v) is 5.40. The van der Waals surface area contributed by atoms with Gasteiger partial charge in [0.15, 0.2) is 5.65 Å². The SMILES string of the molecule is COc1ccc(-c2nn3c(N4CCN(CCO)CC4)cc(C)nc3c2C)cc1. The molecule has 1 saturated heterocycles. The van der Waals surface area contributed by atoms with Gasteiger partial charge in [-0.1, -0.05) is 0 Å². The molecule has 28 heavy (non-hydrogen) atoms. The maximum atomic E-state index is 9.17. The van der Waals surface area contributed by atoms with Gasteiger partial charge in [-0.25, -0.2) is 4.98 Å². The van der Waals surface area contributed by atoms with Gasteiger partial charge >= 0.3 is 0 Å². The Kier molecular flexibility index (Phi) is 5.19. The van der Waals surface area contributed by atoms with Crippen molar-refractivity contribution in [3.63, 3.8) is 0 Å². The molecule has 0 spiro atoms. The minimum Gasteiger partial charge on any atom is -0.497 e. The first-order valence-corrected chi connectivity index (χ1v) is 9.70. The lowest BCUT2D eigenvalue weighted by Gasteiger charge is -2.35. The predicted molar refractivity (Wildman–Crippen MR) is 110 cm³/mol. The molecule has 4 rings (SSSR count). The molecule has 3 heterocycles. The first-order valence-electron chi connectivity index (χ1n) is 9.70. The van der Waals surface area contributed by atoms with Crippen molar-refractivity contribution in [2.45, 2.75) is 13.8 Å². The van der Waals surface area contributed by atoms with Crippen molar-refractivity contribution >= 4 is 11.5 Å². The summed E-state index contributed by atoms with van der Waals surface area (Å²) in [6.45, 7) is 8.76. The van der Waals surface area contributed by atoms with Gasteiger partial charge in [0.1, 0.15) is 11.6 Å². The lowest BCUT2D eigenvalue weighted by atomic mass is 10.1. The summed E-state index contributed by atoms with van der Waals surface area (Å²) in [4.78, 5) is 9.41. The van der Waals surface area contributed by atoms with Crippen LogP contribution in [0, 0.1) is 13.8 Å². The molecular formula is C21H27N5O2. The van der Waals surface area contributed by atoms with Gasteiger partial charge in [-0.3, -0.25) is 4.90 Å². The highest BCUT2D eigenvalue weighted by atomic mass is 16.5. The van der Waals surface area contributed by atoms with Crippen molar-refractivity contribution < 1.29 is 9.84 Å².